The van der Waals surface area contributed by atoms with Gasteiger partial charge in [-0.1, -0.05) is 24.3 Å². The van der Waals surface area contributed by atoms with Crippen LogP contribution in [0.3, 0.4) is 0 Å². The van der Waals surface area contributed by atoms with E-state index in [1.54, 1.807) is 30.3 Å². The second kappa shape index (κ2) is 7.80. The fourth-order valence-electron chi connectivity index (χ4n) is 3.13. The molecule has 2 aromatic carbocycles. The van der Waals surface area contributed by atoms with Crippen LogP contribution in [0.25, 0.3) is 16.7 Å². The number of hydrogen-bond donors (Lipinski definition) is 4. The number of benzene rings is 2. The molecule has 0 aliphatic rings. The largest absolute Gasteiger partial charge is 0.508 e. The van der Waals surface area contributed by atoms with Crippen LogP contribution in [0.2, 0.25) is 0 Å². The molecule has 0 aliphatic carbocycles. The van der Waals surface area contributed by atoms with E-state index in [-0.39, 0.29) is 29.3 Å². The van der Waals surface area contributed by atoms with E-state index in [0.717, 1.165) is 10.1 Å². The number of phenolic OH excluding ortho intramolecular Hbond substituents is 1. The summed E-state index contributed by atoms with van der Waals surface area (Å²) in [5.41, 5.74) is 0.865. The maximum atomic E-state index is 12.8. The van der Waals surface area contributed by atoms with E-state index < -0.39 is 17.4 Å². The number of phenols is 1. The van der Waals surface area contributed by atoms with E-state index >= 15 is 0 Å². The maximum Gasteiger partial charge on any atom is 0.334 e. The molecule has 1 atom stereocenters. The van der Waals surface area contributed by atoms with E-state index in [1.165, 1.54) is 18.3 Å². The lowest BCUT2D eigenvalue weighted by Gasteiger charge is -2.13. The lowest BCUT2D eigenvalue weighted by atomic mass is 10.1. The first-order valence-electron chi connectivity index (χ1n) is 9.22. The van der Waals surface area contributed by atoms with Gasteiger partial charge in [-0.2, -0.15) is 4.98 Å². The number of H-pyrrole nitrogens is 1. The Morgan fingerprint density at radius 2 is 1.97 bits per heavy atom. The molecule has 9 heteroatoms. The normalized spacial score (nSPS) is 12.1. The molecule has 152 valence electrons. The zero-order valence-electron chi connectivity index (χ0n) is 16.0. The molecule has 9 nitrogen and oxygen atoms in total. The Labute approximate surface area is 170 Å². The average molecular weight is 405 g/mol. The molecule has 1 unspecified atom stereocenters. The minimum atomic E-state index is -0.912. The molecule has 0 aliphatic heterocycles. The Bertz CT molecular complexity index is 1350. The first-order chi connectivity index (χ1) is 14.4. The van der Waals surface area contributed by atoms with Gasteiger partial charge in [-0.3, -0.25) is 9.78 Å². The standard InChI is InChI=1S/C21H19N5O4/c1-12-4-2-6-14(8-12)26-19(29)16-10-22-20(24-18(16)25-21(26)30)23-11-17(28)13-5-3-7-15(27)9-13/h2-10,17,27-28H,11H2,1H3,(H2,22,23,24,25,30). The summed E-state index contributed by atoms with van der Waals surface area (Å²) in [6, 6.07) is 13.3. The van der Waals surface area contributed by atoms with Crippen molar-refractivity contribution in [2.24, 2.45) is 0 Å². The van der Waals surface area contributed by atoms with Gasteiger partial charge in [0.15, 0.2) is 5.65 Å². The number of nitrogens with one attached hydrogen (secondary N) is 2. The summed E-state index contributed by atoms with van der Waals surface area (Å²) >= 11 is 0. The zero-order chi connectivity index (χ0) is 21.3. The van der Waals surface area contributed by atoms with Gasteiger partial charge in [-0.15, -0.1) is 0 Å². The molecule has 0 amide bonds. The molecule has 30 heavy (non-hydrogen) atoms. The molecule has 0 fully saturated rings. The Hall–Kier alpha value is -3.98. The van der Waals surface area contributed by atoms with Crippen molar-refractivity contribution in [1.29, 1.82) is 0 Å². The van der Waals surface area contributed by atoms with Crippen molar-refractivity contribution in [3.05, 3.63) is 86.7 Å². The highest BCUT2D eigenvalue weighted by Gasteiger charge is 2.13. The van der Waals surface area contributed by atoms with Crippen LogP contribution in [0.4, 0.5) is 5.95 Å². The Morgan fingerprint density at radius 1 is 1.17 bits per heavy atom. The molecule has 0 radical (unpaired) electrons. The number of rotatable bonds is 5. The molecule has 2 aromatic heterocycles. The second-order valence-corrected chi connectivity index (χ2v) is 6.86. The van der Waals surface area contributed by atoms with Crippen LogP contribution in [0, 0.1) is 6.92 Å². The van der Waals surface area contributed by atoms with Crippen LogP contribution >= 0.6 is 0 Å². The van der Waals surface area contributed by atoms with Crippen molar-refractivity contribution in [2.75, 3.05) is 11.9 Å². The minimum Gasteiger partial charge on any atom is -0.508 e. The first kappa shape index (κ1) is 19.3. The molecule has 0 saturated carbocycles. The summed E-state index contributed by atoms with van der Waals surface area (Å²) < 4.78 is 1.04. The van der Waals surface area contributed by atoms with Gasteiger partial charge in [-0.25, -0.2) is 14.3 Å². The van der Waals surface area contributed by atoms with Crippen molar-refractivity contribution in [2.45, 2.75) is 13.0 Å². The second-order valence-electron chi connectivity index (χ2n) is 6.86. The number of hydrogen-bond acceptors (Lipinski definition) is 7. The van der Waals surface area contributed by atoms with Crippen molar-refractivity contribution >= 4 is 17.0 Å². The molecular weight excluding hydrogens is 386 g/mol. The molecule has 4 rings (SSSR count). The topological polar surface area (TPSA) is 133 Å². The van der Waals surface area contributed by atoms with Gasteiger partial charge in [0.25, 0.3) is 5.56 Å². The van der Waals surface area contributed by atoms with Crippen LogP contribution in [0.5, 0.6) is 5.75 Å². The smallest absolute Gasteiger partial charge is 0.334 e. The Morgan fingerprint density at radius 3 is 2.73 bits per heavy atom. The number of anilines is 1. The lowest BCUT2D eigenvalue weighted by Crippen LogP contribution is -2.34. The van der Waals surface area contributed by atoms with E-state index in [0.29, 0.717) is 11.3 Å². The molecule has 0 spiro atoms. The van der Waals surface area contributed by atoms with Gasteiger partial charge in [0.2, 0.25) is 5.95 Å². The fraction of sp³-hybridized carbons (Fsp3) is 0.143. The fourth-order valence-corrected chi connectivity index (χ4v) is 3.13. The van der Waals surface area contributed by atoms with Crippen molar-refractivity contribution in [1.82, 2.24) is 19.5 Å². The van der Waals surface area contributed by atoms with Gasteiger partial charge >= 0.3 is 5.69 Å². The number of fused-ring (bicyclic) bond motifs is 1. The summed E-state index contributed by atoms with van der Waals surface area (Å²) in [5, 5.41) is 22.8. The molecule has 4 aromatic rings. The highest BCUT2D eigenvalue weighted by atomic mass is 16.3. The summed E-state index contributed by atoms with van der Waals surface area (Å²) in [5.74, 6) is 0.195. The van der Waals surface area contributed by atoms with Gasteiger partial charge in [0.05, 0.1) is 11.8 Å². The average Bonchev–Trinajstić information content (AvgIpc) is 2.72. The Balaban J connectivity index is 1.63. The predicted molar refractivity (Wildman–Crippen MR) is 112 cm³/mol. The molecule has 4 N–H and O–H groups in total. The molecular formula is C21H19N5O4. The molecule has 0 saturated heterocycles. The van der Waals surface area contributed by atoms with Crippen LogP contribution < -0.4 is 16.6 Å². The number of aromatic amines is 1. The highest BCUT2D eigenvalue weighted by Crippen LogP contribution is 2.18. The van der Waals surface area contributed by atoms with Crippen LogP contribution in [-0.4, -0.2) is 36.3 Å². The summed E-state index contributed by atoms with van der Waals surface area (Å²) in [7, 11) is 0. The number of aliphatic hydroxyl groups excluding tert-OH is 1. The molecule has 0 bridgehead atoms. The summed E-state index contributed by atoms with van der Waals surface area (Å²) in [4.78, 5) is 36.3. The van der Waals surface area contributed by atoms with E-state index in [4.69, 9.17) is 0 Å². The van der Waals surface area contributed by atoms with E-state index in [9.17, 15) is 19.8 Å². The number of nitrogens with zero attached hydrogens (tertiary/aromatic N) is 3. The predicted octanol–water partition coefficient (Wildman–Crippen LogP) is 1.63. The maximum absolute atomic E-state index is 12.8. The van der Waals surface area contributed by atoms with Crippen LogP contribution in [-0.2, 0) is 0 Å². The van der Waals surface area contributed by atoms with E-state index in [1.807, 2.05) is 13.0 Å². The number of aromatic nitrogens is 4. The van der Waals surface area contributed by atoms with Gasteiger partial charge in [0, 0.05) is 12.7 Å². The third-order valence-corrected chi connectivity index (χ3v) is 4.62. The zero-order valence-corrected chi connectivity index (χ0v) is 16.0. The quantitative estimate of drug-likeness (QED) is 0.397. The lowest BCUT2D eigenvalue weighted by molar-refractivity contribution is 0.191. The SMILES string of the molecule is Cc1cccc(-n2c(=O)[nH]c3nc(NCC(O)c4cccc(O)c4)ncc3c2=O)c1. The highest BCUT2D eigenvalue weighted by molar-refractivity contribution is 5.73. The number of aliphatic hydroxyl groups is 1. The number of aryl methyl sites for hydroxylation is 1. The summed E-state index contributed by atoms with van der Waals surface area (Å²) in [6.45, 7) is 1.94. The third kappa shape index (κ3) is 3.78. The number of aromatic hydroxyl groups is 1. The van der Waals surface area contributed by atoms with Gasteiger partial charge < -0.3 is 15.5 Å². The minimum absolute atomic E-state index is 0.0518. The Kier molecular flexibility index (Phi) is 5.03. The van der Waals surface area contributed by atoms with Crippen molar-refractivity contribution < 1.29 is 10.2 Å². The summed E-state index contributed by atoms with van der Waals surface area (Å²) in [6.07, 6.45) is 0.417. The van der Waals surface area contributed by atoms with Crippen LogP contribution in [0.1, 0.15) is 17.2 Å². The van der Waals surface area contributed by atoms with Crippen LogP contribution in [0.15, 0.2) is 64.3 Å². The van der Waals surface area contributed by atoms with Crippen molar-refractivity contribution in [3.63, 3.8) is 0 Å². The third-order valence-electron chi connectivity index (χ3n) is 4.62. The monoisotopic (exact) mass is 405 g/mol. The first-order valence-corrected chi connectivity index (χ1v) is 9.22. The van der Waals surface area contributed by atoms with Crippen molar-refractivity contribution in [3.8, 4) is 11.4 Å². The molecule has 2 heterocycles. The van der Waals surface area contributed by atoms with Gasteiger partial charge in [-0.05, 0) is 42.3 Å². The van der Waals surface area contributed by atoms with Gasteiger partial charge in [0.1, 0.15) is 11.1 Å². The van der Waals surface area contributed by atoms with E-state index in [2.05, 4.69) is 20.3 Å².